The molecule has 0 amide bonds. The Hall–Kier alpha value is -1.24. The van der Waals surface area contributed by atoms with E-state index in [0.717, 1.165) is 11.8 Å². The Labute approximate surface area is 85.3 Å². The maximum absolute atomic E-state index is 10.8. The molecule has 1 atom stereocenters. The standard InChI is InChI=1S/C7H12N4O2S/c1-3(2)4(5(12)13)14-7-9-6(8)10-11-7/h3-4H,1-2H3,(H,12,13)(H3,8,9,10,11). The van der Waals surface area contributed by atoms with Crippen molar-refractivity contribution in [1.82, 2.24) is 15.2 Å². The number of aliphatic carboxylic acids is 1. The minimum atomic E-state index is -0.867. The molecule has 0 aliphatic carbocycles. The second-order valence-corrected chi connectivity index (χ2v) is 4.23. The number of thioether (sulfide) groups is 1. The Morgan fingerprint density at radius 2 is 2.29 bits per heavy atom. The molecule has 1 aromatic heterocycles. The van der Waals surface area contributed by atoms with Gasteiger partial charge in [0.15, 0.2) is 0 Å². The molecule has 0 fully saturated rings. The summed E-state index contributed by atoms with van der Waals surface area (Å²) < 4.78 is 0. The van der Waals surface area contributed by atoms with Crippen molar-refractivity contribution in [2.24, 2.45) is 5.92 Å². The van der Waals surface area contributed by atoms with E-state index >= 15 is 0 Å². The number of rotatable bonds is 4. The molecule has 1 heterocycles. The summed E-state index contributed by atoms with van der Waals surface area (Å²) in [7, 11) is 0. The van der Waals surface area contributed by atoms with E-state index in [-0.39, 0.29) is 11.9 Å². The molecular formula is C7H12N4O2S. The van der Waals surface area contributed by atoms with E-state index in [0.29, 0.717) is 5.16 Å². The van der Waals surface area contributed by atoms with E-state index in [1.54, 1.807) is 0 Å². The average Bonchev–Trinajstić information content (AvgIpc) is 2.46. The van der Waals surface area contributed by atoms with Crippen LogP contribution in [-0.2, 0) is 4.79 Å². The molecule has 0 aromatic carbocycles. The van der Waals surface area contributed by atoms with Crippen LogP contribution in [0.15, 0.2) is 5.16 Å². The molecule has 4 N–H and O–H groups in total. The quantitative estimate of drug-likeness (QED) is 0.636. The van der Waals surface area contributed by atoms with Crippen molar-refractivity contribution in [3.63, 3.8) is 0 Å². The molecule has 7 heteroatoms. The third-order valence-corrected chi connectivity index (χ3v) is 2.96. The van der Waals surface area contributed by atoms with Gasteiger partial charge in [-0.15, -0.1) is 5.10 Å². The van der Waals surface area contributed by atoms with Crippen LogP contribution in [0.5, 0.6) is 0 Å². The predicted octanol–water partition coefficient (Wildman–Crippen LogP) is 0.588. The molecule has 0 saturated heterocycles. The summed E-state index contributed by atoms with van der Waals surface area (Å²) in [5.41, 5.74) is 5.32. The molecule has 0 saturated carbocycles. The molecule has 0 radical (unpaired) electrons. The van der Waals surface area contributed by atoms with Crippen LogP contribution in [0.2, 0.25) is 0 Å². The lowest BCUT2D eigenvalue weighted by Crippen LogP contribution is -2.22. The molecule has 1 unspecified atom stereocenters. The number of aromatic nitrogens is 3. The highest BCUT2D eigenvalue weighted by atomic mass is 32.2. The Balaban J connectivity index is 2.69. The maximum Gasteiger partial charge on any atom is 0.317 e. The first-order valence-electron chi connectivity index (χ1n) is 4.08. The highest BCUT2D eigenvalue weighted by Gasteiger charge is 2.24. The zero-order chi connectivity index (χ0) is 10.7. The van der Waals surface area contributed by atoms with Crippen molar-refractivity contribution in [3.8, 4) is 0 Å². The van der Waals surface area contributed by atoms with Gasteiger partial charge in [-0.2, -0.15) is 4.98 Å². The van der Waals surface area contributed by atoms with Gasteiger partial charge in [-0.1, -0.05) is 25.6 Å². The van der Waals surface area contributed by atoms with Gasteiger partial charge < -0.3 is 10.8 Å². The topological polar surface area (TPSA) is 105 Å². The Morgan fingerprint density at radius 3 is 2.64 bits per heavy atom. The number of hydrogen-bond donors (Lipinski definition) is 3. The van der Waals surface area contributed by atoms with E-state index in [9.17, 15) is 4.79 Å². The van der Waals surface area contributed by atoms with Gasteiger partial charge in [-0.05, 0) is 5.92 Å². The van der Waals surface area contributed by atoms with Crippen LogP contribution < -0.4 is 5.73 Å². The van der Waals surface area contributed by atoms with E-state index in [2.05, 4.69) is 15.2 Å². The van der Waals surface area contributed by atoms with Gasteiger partial charge in [0.05, 0.1) is 0 Å². The van der Waals surface area contributed by atoms with Crippen molar-refractivity contribution < 1.29 is 9.90 Å². The normalized spacial score (nSPS) is 13.1. The fourth-order valence-electron chi connectivity index (χ4n) is 0.896. The number of carboxylic acid groups (broad SMARTS) is 1. The van der Waals surface area contributed by atoms with Gasteiger partial charge >= 0.3 is 5.97 Å². The molecule has 14 heavy (non-hydrogen) atoms. The molecule has 0 bridgehead atoms. The highest BCUT2D eigenvalue weighted by molar-refractivity contribution is 8.00. The lowest BCUT2D eigenvalue weighted by atomic mass is 10.1. The number of hydrogen-bond acceptors (Lipinski definition) is 5. The number of nitrogen functional groups attached to an aromatic ring is 1. The number of anilines is 1. The van der Waals surface area contributed by atoms with Crippen LogP contribution >= 0.6 is 11.8 Å². The van der Waals surface area contributed by atoms with Gasteiger partial charge in [0.2, 0.25) is 11.1 Å². The molecular weight excluding hydrogens is 204 g/mol. The zero-order valence-corrected chi connectivity index (χ0v) is 8.71. The third kappa shape index (κ3) is 2.63. The number of nitrogens with zero attached hydrogens (tertiary/aromatic N) is 2. The van der Waals surface area contributed by atoms with Crippen LogP contribution in [0.25, 0.3) is 0 Å². The first kappa shape index (κ1) is 10.8. The Bertz CT molecular complexity index is 325. The molecule has 0 aliphatic rings. The molecule has 78 valence electrons. The average molecular weight is 216 g/mol. The van der Waals surface area contributed by atoms with Gasteiger partial charge in [-0.3, -0.25) is 4.79 Å². The van der Waals surface area contributed by atoms with Gasteiger partial charge in [0.1, 0.15) is 5.25 Å². The van der Waals surface area contributed by atoms with Crippen LogP contribution in [0, 0.1) is 5.92 Å². The lowest BCUT2D eigenvalue weighted by Gasteiger charge is -2.12. The van der Waals surface area contributed by atoms with E-state index in [4.69, 9.17) is 10.8 Å². The number of nitrogens with two attached hydrogens (primary N) is 1. The summed E-state index contributed by atoms with van der Waals surface area (Å²) >= 11 is 1.09. The predicted molar refractivity (Wildman–Crippen MR) is 52.9 cm³/mol. The van der Waals surface area contributed by atoms with E-state index < -0.39 is 11.2 Å². The summed E-state index contributed by atoms with van der Waals surface area (Å²) in [6.45, 7) is 3.67. The van der Waals surface area contributed by atoms with Crippen molar-refractivity contribution in [2.75, 3.05) is 5.73 Å². The Morgan fingerprint density at radius 1 is 1.64 bits per heavy atom. The number of carbonyl (C=O) groups is 1. The van der Waals surface area contributed by atoms with Crippen molar-refractivity contribution in [1.29, 1.82) is 0 Å². The molecule has 0 spiro atoms. The first-order chi connectivity index (χ1) is 6.50. The fraction of sp³-hybridized carbons (Fsp3) is 0.571. The van der Waals surface area contributed by atoms with Gasteiger partial charge in [0.25, 0.3) is 0 Å². The monoisotopic (exact) mass is 216 g/mol. The summed E-state index contributed by atoms with van der Waals surface area (Å²) in [4.78, 5) is 14.7. The second kappa shape index (κ2) is 4.32. The number of H-pyrrole nitrogens is 1. The number of aromatic amines is 1. The maximum atomic E-state index is 10.8. The molecule has 6 nitrogen and oxygen atoms in total. The summed E-state index contributed by atoms with van der Waals surface area (Å²) in [5, 5.41) is 14.9. The molecule has 1 rings (SSSR count). The SMILES string of the molecule is CC(C)C(Sc1n[nH]c(N)n1)C(=O)O. The van der Waals surface area contributed by atoms with Crippen LogP contribution in [0.1, 0.15) is 13.8 Å². The van der Waals surface area contributed by atoms with E-state index in [1.807, 2.05) is 13.8 Å². The van der Waals surface area contributed by atoms with E-state index in [1.165, 1.54) is 0 Å². The van der Waals surface area contributed by atoms with Crippen LogP contribution in [-0.4, -0.2) is 31.5 Å². The molecule has 0 aliphatic heterocycles. The van der Waals surface area contributed by atoms with Crippen molar-refractivity contribution in [3.05, 3.63) is 0 Å². The third-order valence-electron chi connectivity index (χ3n) is 1.56. The first-order valence-corrected chi connectivity index (χ1v) is 4.96. The zero-order valence-electron chi connectivity index (χ0n) is 7.89. The Kier molecular flexibility index (Phi) is 3.34. The smallest absolute Gasteiger partial charge is 0.317 e. The minimum absolute atomic E-state index is 0.0113. The fourth-order valence-corrected chi connectivity index (χ4v) is 1.75. The minimum Gasteiger partial charge on any atom is -0.480 e. The second-order valence-electron chi connectivity index (χ2n) is 3.12. The molecule has 1 aromatic rings. The van der Waals surface area contributed by atoms with Gasteiger partial charge in [-0.25, -0.2) is 5.10 Å². The lowest BCUT2D eigenvalue weighted by molar-refractivity contribution is -0.137. The number of nitrogens with one attached hydrogen (secondary N) is 1. The van der Waals surface area contributed by atoms with Crippen LogP contribution in [0.3, 0.4) is 0 Å². The van der Waals surface area contributed by atoms with Crippen LogP contribution in [0.4, 0.5) is 5.95 Å². The summed E-state index contributed by atoms with van der Waals surface area (Å²) in [6, 6.07) is 0. The largest absolute Gasteiger partial charge is 0.480 e. The van der Waals surface area contributed by atoms with Gasteiger partial charge in [0, 0.05) is 0 Å². The van der Waals surface area contributed by atoms with Crippen molar-refractivity contribution >= 4 is 23.7 Å². The summed E-state index contributed by atoms with van der Waals surface area (Å²) in [6.07, 6.45) is 0. The van der Waals surface area contributed by atoms with Crippen molar-refractivity contribution in [2.45, 2.75) is 24.3 Å². The summed E-state index contributed by atoms with van der Waals surface area (Å²) in [5.74, 6) is -0.661. The number of carboxylic acids is 1. The highest BCUT2D eigenvalue weighted by Crippen LogP contribution is 2.25.